The summed E-state index contributed by atoms with van der Waals surface area (Å²) in [5.41, 5.74) is 1.80. The summed E-state index contributed by atoms with van der Waals surface area (Å²) in [7, 11) is 0. The molecule has 0 saturated carbocycles. The topological polar surface area (TPSA) is 47.4 Å². The predicted molar refractivity (Wildman–Crippen MR) is 102 cm³/mol. The number of para-hydroxylation sites is 2. The van der Waals surface area contributed by atoms with Crippen molar-refractivity contribution in [3.8, 4) is 0 Å². The lowest BCUT2D eigenvalue weighted by Crippen LogP contribution is -2.35. The Balaban J connectivity index is 1.59. The number of rotatable bonds is 4. The Morgan fingerprint density at radius 2 is 2.12 bits per heavy atom. The SMILES string of the molecule is CCn1c(SCC2CCN(C(=O)OC(C)(C)C)C2)nc2ccccc21. The van der Waals surface area contributed by atoms with Crippen LogP contribution >= 0.6 is 11.8 Å². The maximum absolute atomic E-state index is 12.2. The highest BCUT2D eigenvalue weighted by Gasteiger charge is 2.30. The van der Waals surface area contributed by atoms with Gasteiger partial charge in [0.05, 0.1) is 11.0 Å². The van der Waals surface area contributed by atoms with Gasteiger partial charge in [-0.3, -0.25) is 0 Å². The first kappa shape index (κ1) is 18.1. The molecule has 6 heteroatoms. The molecule has 0 aliphatic carbocycles. The van der Waals surface area contributed by atoms with Gasteiger partial charge < -0.3 is 14.2 Å². The van der Waals surface area contributed by atoms with Crippen molar-refractivity contribution in [3.05, 3.63) is 24.3 Å². The zero-order valence-electron chi connectivity index (χ0n) is 15.5. The molecule has 0 spiro atoms. The van der Waals surface area contributed by atoms with Gasteiger partial charge in [-0.05, 0) is 52.2 Å². The van der Waals surface area contributed by atoms with Crippen LogP contribution in [0.2, 0.25) is 0 Å². The summed E-state index contributed by atoms with van der Waals surface area (Å²) in [6, 6.07) is 8.26. The van der Waals surface area contributed by atoms with Crippen LogP contribution in [0.15, 0.2) is 29.4 Å². The molecular formula is C19H27N3O2S. The summed E-state index contributed by atoms with van der Waals surface area (Å²) in [6.07, 6.45) is 0.833. The van der Waals surface area contributed by atoms with Crippen molar-refractivity contribution in [2.24, 2.45) is 5.92 Å². The molecule has 1 aliphatic rings. The molecule has 136 valence electrons. The fourth-order valence-corrected chi connectivity index (χ4v) is 4.33. The van der Waals surface area contributed by atoms with Gasteiger partial charge in [-0.2, -0.15) is 0 Å². The maximum atomic E-state index is 12.2. The van der Waals surface area contributed by atoms with Gasteiger partial charge >= 0.3 is 6.09 Å². The maximum Gasteiger partial charge on any atom is 0.410 e. The average molecular weight is 362 g/mol. The van der Waals surface area contributed by atoms with Crippen LogP contribution in [0.1, 0.15) is 34.1 Å². The summed E-state index contributed by atoms with van der Waals surface area (Å²) >= 11 is 1.79. The van der Waals surface area contributed by atoms with Crippen molar-refractivity contribution in [1.29, 1.82) is 0 Å². The Bertz CT molecular complexity index is 751. The minimum atomic E-state index is -0.435. The number of carbonyl (C=O) groups excluding carboxylic acids is 1. The molecule has 25 heavy (non-hydrogen) atoms. The van der Waals surface area contributed by atoms with E-state index in [4.69, 9.17) is 9.72 Å². The first-order chi connectivity index (χ1) is 11.9. The molecule has 1 aliphatic heterocycles. The highest BCUT2D eigenvalue weighted by molar-refractivity contribution is 7.99. The van der Waals surface area contributed by atoms with Gasteiger partial charge in [0, 0.05) is 25.4 Å². The molecule has 1 saturated heterocycles. The Kier molecular flexibility index (Phi) is 5.27. The number of nitrogens with zero attached hydrogens (tertiary/aromatic N) is 3. The molecule has 0 radical (unpaired) electrons. The van der Waals surface area contributed by atoms with E-state index in [1.807, 2.05) is 31.7 Å². The zero-order valence-corrected chi connectivity index (χ0v) is 16.3. The average Bonchev–Trinajstić information content (AvgIpc) is 3.15. The molecule has 2 heterocycles. The van der Waals surface area contributed by atoms with Crippen LogP contribution < -0.4 is 0 Å². The van der Waals surface area contributed by atoms with Gasteiger partial charge in [-0.1, -0.05) is 23.9 Å². The summed E-state index contributed by atoms with van der Waals surface area (Å²) in [6.45, 7) is 10.3. The molecule has 0 bridgehead atoms. The number of benzene rings is 1. The molecule has 1 aromatic carbocycles. The second-order valence-electron chi connectivity index (χ2n) is 7.52. The first-order valence-corrected chi connectivity index (χ1v) is 9.92. The number of ether oxygens (including phenoxy) is 1. The molecule has 1 atom stereocenters. The Labute approximate surface area is 153 Å². The fourth-order valence-electron chi connectivity index (χ4n) is 3.12. The van der Waals surface area contributed by atoms with Crippen LogP contribution in [0.25, 0.3) is 11.0 Å². The highest BCUT2D eigenvalue weighted by Crippen LogP contribution is 2.29. The third kappa shape index (κ3) is 4.29. The van der Waals surface area contributed by atoms with Crippen LogP contribution in [0.5, 0.6) is 0 Å². The standard InChI is InChI=1S/C19H27N3O2S/c1-5-22-16-9-7-6-8-15(16)20-17(22)25-13-14-10-11-21(12-14)18(23)24-19(2,3)4/h6-9,14H,5,10-13H2,1-4H3. The van der Waals surface area contributed by atoms with Crippen molar-refractivity contribution in [2.45, 2.75) is 51.4 Å². The normalized spacial score (nSPS) is 18.1. The Morgan fingerprint density at radius 1 is 1.36 bits per heavy atom. The Hall–Kier alpha value is -1.69. The molecule has 0 N–H and O–H groups in total. The van der Waals surface area contributed by atoms with E-state index in [2.05, 4.69) is 29.7 Å². The second kappa shape index (κ2) is 7.28. The number of carbonyl (C=O) groups is 1. The van der Waals surface area contributed by atoms with Gasteiger partial charge in [-0.15, -0.1) is 0 Å². The monoisotopic (exact) mass is 361 g/mol. The predicted octanol–water partition coefficient (Wildman–Crippen LogP) is 4.41. The number of aryl methyl sites for hydroxylation is 1. The van der Waals surface area contributed by atoms with E-state index in [0.717, 1.165) is 42.5 Å². The molecule has 1 aromatic heterocycles. The van der Waals surface area contributed by atoms with Crippen molar-refractivity contribution < 1.29 is 9.53 Å². The molecule has 3 rings (SSSR count). The molecule has 1 unspecified atom stereocenters. The van der Waals surface area contributed by atoms with Crippen molar-refractivity contribution in [1.82, 2.24) is 14.5 Å². The minimum absolute atomic E-state index is 0.194. The third-order valence-electron chi connectivity index (χ3n) is 4.32. The largest absolute Gasteiger partial charge is 0.444 e. The van der Waals surface area contributed by atoms with Crippen molar-refractivity contribution >= 4 is 28.9 Å². The van der Waals surface area contributed by atoms with Crippen molar-refractivity contribution in [3.63, 3.8) is 0 Å². The first-order valence-electron chi connectivity index (χ1n) is 8.93. The highest BCUT2D eigenvalue weighted by atomic mass is 32.2. The van der Waals surface area contributed by atoms with E-state index >= 15 is 0 Å². The number of hydrogen-bond acceptors (Lipinski definition) is 4. The van der Waals surface area contributed by atoms with Crippen LogP contribution in [0.4, 0.5) is 4.79 Å². The number of imidazole rings is 1. The minimum Gasteiger partial charge on any atom is -0.444 e. The van der Waals surface area contributed by atoms with Gasteiger partial charge in [0.2, 0.25) is 0 Å². The fraction of sp³-hybridized carbons (Fsp3) is 0.579. The van der Waals surface area contributed by atoms with E-state index in [-0.39, 0.29) is 6.09 Å². The van der Waals surface area contributed by atoms with Gasteiger partial charge in [-0.25, -0.2) is 9.78 Å². The van der Waals surface area contributed by atoms with E-state index in [1.54, 1.807) is 11.8 Å². The summed E-state index contributed by atoms with van der Waals surface area (Å²) in [4.78, 5) is 18.8. The van der Waals surface area contributed by atoms with Gasteiger partial charge in [0.1, 0.15) is 5.60 Å². The summed E-state index contributed by atoms with van der Waals surface area (Å²) in [5.74, 6) is 1.46. The number of thioether (sulfide) groups is 1. The number of hydrogen-bond donors (Lipinski definition) is 0. The zero-order chi connectivity index (χ0) is 18.0. The Morgan fingerprint density at radius 3 is 2.84 bits per heavy atom. The van der Waals surface area contributed by atoms with E-state index in [9.17, 15) is 4.79 Å². The van der Waals surface area contributed by atoms with Gasteiger partial charge in [0.25, 0.3) is 0 Å². The van der Waals surface area contributed by atoms with E-state index < -0.39 is 5.60 Å². The number of amides is 1. The van der Waals surface area contributed by atoms with E-state index in [1.165, 1.54) is 5.52 Å². The smallest absolute Gasteiger partial charge is 0.410 e. The quantitative estimate of drug-likeness (QED) is 0.757. The third-order valence-corrected chi connectivity index (χ3v) is 5.53. The lowest BCUT2D eigenvalue weighted by atomic mass is 10.2. The van der Waals surface area contributed by atoms with Crippen LogP contribution in [-0.2, 0) is 11.3 Å². The summed E-state index contributed by atoms with van der Waals surface area (Å²) in [5, 5.41) is 1.07. The number of likely N-dealkylation sites (tertiary alicyclic amines) is 1. The lowest BCUT2D eigenvalue weighted by molar-refractivity contribution is 0.0289. The van der Waals surface area contributed by atoms with Crippen molar-refractivity contribution in [2.75, 3.05) is 18.8 Å². The lowest BCUT2D eigenvalue weighted by Gasteiger charge is -2.24. The van der Waals surface area contributed by atoms with Crippen LogP contribution in [0.3, 0.4) is 0 Å². The number of aromatic nitrogens is 2. The van der Waals surface area contributed by atoms with E-state index in [0.29, 0.717) is 5.92 Å². The summed E-state index contributed by atoms with van der Waals surface area (Å²) < 4.78 is 7.74. The van der Waals surface area contributed by atoms with Crippen LogP contribution in [-0.4, -0.2) is 45.0 Å². The van der Waals surface area contributed by atoms with Crippen LogP contribution in [0, 0.1) is 5.92 Å². The molecule has 1 amide bonds. The molecule has 2 aromatic rings. The number of fused-ring (bicyclic) bond motifs is 1. The molecular weight excluding hydrogens is 334 g/mol. The van der Waals surface area contributed by atoms with Gasteiger partial charge in [0.15, 0.2) is 5.16 Å². The second-order valence-corrected chi connectivity index (χ2v) is 8.51. The molecule has 1 fully saturated rings. The molecule has 5 nitrogen and oxygen atoms in total.